The minimum atomic E-state index is 0.435. The van der Waals surface area contributed by atoms with Gasteiger partial charge in [0.25, 0.3) is 0 Å². The Labute approximate surface area is 91.6 Å². The van der Waals surface area contributed by atoms with Gasteiger partial charge in [0.05, 0.1) is 12.8 Å². The van der Waals surface area contributed by atoms with Crippen molar-refractivity contribution in [3.63, 3.8) is 0 Å². The number of rotatable bonds is 7. The van der Waals surface area contributed by atoms with Crippen LogP contribution in [0.1, 0.15) is 18.9 Å². The molecule has 1 aromatic heterocycles. The van der Waals surface area contributed by atoms with Crippen molar-refractivity contribution < 1.29 is 4.74 Å². The third kappa shape index (κ3) is 4.44. The van der Waals surface area contributed by atoms with Crippen molar-refractivity contribution in [2.45, 2.75) is 25.8 Å². The van der Waals surface area contributed by atoms with Gasteiger partial charge in [0, 0.05) is 25.9 Å². The summed E-state index contributed by atoms with van der Waals surface area (Å²) in [4.78, 5) is 0. The van der Waals surface area contributed by atoms with Crippen LogP contribution in [0.25, 0.3) is 0 Å². The van der Waals surface area contributed by atoms with Gasteiger partial charge in [-0.1, -0.05) is 0 Å². The maximum atomic E-state index is 5.40. The first-order chi connectivity index (χ1) is 7.26. The van der Waals surface area contributed by atoms with Crippen molar-refractivity contribution in [2.24, 2.45) is 7.05 Å². The maximum Gasteiger partial charge on any atom is 0.0619 e. The second-order valence-corrected chi connectivity index (χ2v) is 3.71. The molecule has 4 heteroatoms. The molecule has 1 N–H and O–H groups in total. The van der Waals surface area contributed by atoms with Crippen LogP contribution in [0, 0.1) is 0 Å². The number of nitrogens with one attached hydrogen (secondary N) is 1. The summed E-state index contributed by atoms with van der Waals surface area (Å²) < 4.78 is 7.24. The SMILES string of the molecule is CCOCC(CCc1cnn(C)c1)NC. The highest BCUT2D eigenvalue weighted by molar-refractivity contribution is 5.03. The smallest absolute Gasteiger partial charge is 0.0619 e. The molecule has 86 valence electrons. The zero-order valence-electron chi connectivity index (χ0n) is 9.86. The van der Waals surface area contributed by atoms with Gasteiger partial charge in [0.1, 0.15) is 0 Å². The Morgan fingerprint density at radius 3 is 2.93 bits per heavy atom. The molecule has 0 saturated heterocycles. The summed E-state index contributed by atoms with van der Waals surface area (Å²) in [5, 5.41) is 7.41. The number of hydrogen-bond acceptors (Lipinski definition) is 3. The lowest BCUT2D eigenvalue weighted by atomic mass is 10.1. The Hall–Kier alpha value is -0.870. The summed E-state index contributed by atoms with van der Waals surface area (Å²) >= 11 is 0. The van der Waals surface area contributed by atoms with Crippen molar-refractivity contribution in [1.82, 2.24) is 15.1 Å². The minimum Gasteiger partial charge on any atom is -0.380 e. The lowest BCUT2D eigenvalue weighted by Crippen LogP contribution is -2.30. The average Bonchev–Trinajstić information content (AvgIpc) is 2.65. The number of nitrogens with zero attached hydrogens (tertiary/aromatic N) is 2. The molecule has 0 aromatic carbocycles. The zero-order chi connectivity index (χ0) is 11.1. The van der Waals surface area contributed by atoms with E-state index in [0.29, 0.717) is 6.04 Å². The number of likely N-dealkylation sites (N-methyl/N-ethyl adjacent to an activating group) is 1. The van der Waals surface area contributed by atoms with Crippen LogP contribution in [0.5, 0.6) is 0 Å². The van der Waals surface area contributed by atoms with Crippen LogP contribution in [0.4, 0.5) is 0 Å². The first kappa shape index (κ1) is 12.2. The highest BCUT2D eigenvalue weighted by atomic mass is 16.5. The van der Waals surface area contributed by atoms with Crippen LogP contribution in [0.2, 0.25) is 0 Å². The summed E-state index contributed by atoms with van der Waals surface area (Å²) in [5.74, 6) is 0. The first-order valence-corrected chi connectivity index (χ1v) is 5.48. The summed E-state index contributed by atoms with van der Waals surface area (Å²) in [6, 6.07) is 0.435. The number of aryl methyl sites for hydroxylation is 2. The van der Waals surface area contributed by atoms with E-state index in [-0.39, 0.29) is 0 Å². The van der Waals surface area contributed by atoms with Crippen LogP contribution in [-0.2, 0) is 18.2 Å². The van der Waals surface area contributed by atoms with E-state index in [2.05, 4.69) is 16.6 Å². The molecule has 0 saturated carbocycles. The second kappa shape index (κ2) is 6.58. The molecule has 0 aliphatic carbocycles. The predicted octanol–water partition coefficient (Wildman–Crippen LogP) is 0.977. The third-order valence-corrected chi connectivity index (χ3v) is 2.47. The van der Waals surface area contributed by atoms with Crippen LogP contribution in [0.3, 0.4) is 0 Å². The van der Waals surface area contributed by atoms with Crippen LogP contribution in [0.15, 0.2) is 12.4 Å². The molecule has 1 heterocycles. The van der Waals surface area contributed by atoms with E-state index in [9.17, 15) is 0 Å². The third-order valence-electron chi connectivity index (χ3n) is 2.47. The van der Waals surface area contributed by atoms with Gasteiger partial charge in [-0.15, -0.1) is 0 Å². The highest BCUT2D eigenvalue weighted by Gasteiger charge is 2.06. The van der Waals surface area contributed by atoms with E-state index in [0.717, 1.165) is 26.1 Å². The van der Waals surface area contributed by atoms with Gasteiger partial charge in [-0.2, -0.15) is 5.10 Å². The average molecular weight is 211 g/mol. The fraction of sp³-hybridized carbons (Fsp3) is 0.727. The maximum absolute atomic E-state index is 5.40. The van der Waals surface area contributed by atoms with E-state index in [4.69, 9.17) is 4.74 Å². The van der Waals surface area contributed by atoms with Gasteiger partial charge in [-0.05, 0) is 32.4 Å². The topological polar surface area (TPSA) is 39.1 Å². The molecule has 4 nitrogen and oxygen atoms in total. The lowest BCUT2D eigenvalue weighted by Gasteiger charge is -2.14. The lowest BCUT2D eigenvalue weighted by molar-refractivity contribution is 0.122. The monoisotopic (exact) mass is 211 g/mol. The molecule has 1 aromatic rings. The van der Waals surface area contributed by atoms with Crippen LogP contribution in [-0.4, -0.2) is 36.1 Å². The molecule has 0 amide bonds. The second-order valence-electron chi connectivity index (χ2n) is 3.71. The Morgan fingerprint density at radius 1 is 1.60 bits per heavy atom. The number of ether oxygens (including phenoxy) is 1. The van der Waals surface area contributed by atoms with Gasteiger partial charge in [-0.3, -0.25) is 4.68 Å². The van der Waals surface area contributed by atoms with E-state index in [1.807, 2.05) is 31.9 Å². The van der Waals surface area contributed by atoms with E-state index in [1.54, 1.807) is 0 Å². The first-order valence-electron chi connectivity index (χ1n) is 5.48. The number of aromatic nitrogens is 2. The van der Waals surface area contributed by atoms with Gasteiger partial charge in [0.15, 0.2) is 0 Å². The van der Waals surface area contributed by atoms with Crippen molar-refractivity contribution in [1.29, 1.82) is 0 Å². The zero-order valence-corrected chi connectivity index (χ0v) is 9.86. The van der Waals surface area contributed by atoms with Crippen molar-refractivity contribution in [3.05, 3.63) is 18.0 Å². The molecule has 0 fully saturated rings. The van der Waals surface area contributed by atoms with E-state index >= 15 is 0 Å². The molecule has 0 radical (unpaired) electrons. The van der Waals surface area contributed by atoms with Crippen molar-refractivity contribution in [2.75, 3.05) is 20.3 Å². The van der Waals surface area contributed by atoms with Gasteiger partial charge >= 0.3 is 0 Å². The van der Waals surface area contributed by atoms with Gasteiger partial charge in [-0.25, -0.2) is 0 Å². The summed E-state index contributed by atoms with van der Waals surface area (Å²) in [6.07, 6.45) is 6.12. The standard InChI is InChI=1S/C11H21N3O/c1-4-15-9-11(12-2)6-5-10-7-13-14(3)8-10/h7-8,11-12H,4-6,9H2,1-3H3. The Balaban J connectivity index is 2.27. The Morgan fingerprint density at radius 2 is 2.40 bits per heavy atom. The Bertz CT molecular complexity index is 273. The van der Waals surface area contributed by atoms with E-state index in [1.165, 1.54) is 5.56 Å². The van der Waals surface area contributed by atoms with Gasteiger partial charge in [0.2, 0.25) is 0 Å². The van der Waals surface area contributed by atoms with Crippen LogP contribution >= 0.6 is 0 Å². The van der Waals surface area contributed by atoms with Crippen LogP contribution < -0.4 is 5.32 Å². The molecular weight excluding hydrogens is 190 g/mol. The molecule has 1 unspecified atom stereocenters. The molecule has 0 aliphatic heterocycles. The Kier molecular flexibility index (Phi) is 5.36. The quantitative estimate of drug-likeness (QED) is 0.730. The molecule has 0 bridgehead atoms. The van der Waals surface area contributed by atoms with Gasteiger partial charge < -0.3 is 10.1 Å². The van der Waals surface area contributed by atoms with E-state index < -0.39 is 0 Å². The molecule has 0 aliphatic rings. The fourth-order valence-electron chi connectivity index (χ4n) is 1.51. The molecule has 15 heavy (non-hydrogen) atoms. The summed E-state index contributed by atoms with van der Waals surface area (Å²) in [5.41, 5.74) is 1.29. The van der Waals surface area contributed by atoms with Crippen molar-refractivity contribution in [3.8, 4) is 0 Å². The number of hydrogen-bond donors (Lipinski definition) is 1. The summed E-state index contributed by atoms with van der Waals surface area (Å²) in [7, 11) is 3.92. The normalized spacial score (nSPS) is 13.0. The van der Waals surface area contributed by atoms with Crippen molar-refractivity contribution >= 4 is 0 Å². The summed E-state index contributed by atoms with van der Waals surface area (Å²) in [6.45, 7) is 3.59. The molecule has 0 spiro atoms. The molecule has 1 atom stereocenters. The largest absolute Gasteiger partial charge is 0.380 e. The highest BCUT2D eigenvalue weighted by Crippen LogP contribution is 2.04. The molecule has 1 rings (SSSR count). The molecular formula is C11H21N3O. The fourth-order valence-corrected chi connectivity index (χ4v) is 1.51. The minimum absolute atomic E-state index is 0.435. The predicted molar refractivity (Wildman–Crippen MR) is 60.9 cm³/mol.